The monoisotopic (exact) mass is 192 g/mol. The van der Waals surface area contributed by atoms with Crippen LogP contribution >= 0.6 is 0 Å². The summed E-state index contributed by atoms with van der Waals surface area (Å²) < 4.78 is 23.3. The van der Waals surface area contributed by atoms with E-state index in [2.05, 4.69) is 0 Å². The first-order valence-corrected chi connectivity index (χ1v) is 4.95. The van der Waals surface area contributed by atoms with Crippen LogP contribution in [-0.2, 0) is 4.79 Å². The van der Waals surface area contributed by atoms with Gasteiger partial charge in [-0.2, -0.15) is 0 Å². The molecule has 0 amide bonds. The van der Waals surface area contributed by atoms with Gasteiger partial charge in [0.2, 0.25) is 0 Å². The Morgan fingerprint density at radius 2 is 1.23 bits per heavy atom. The number of carbonyl (C=O) groups is 1. The first kappa shape index (κ1) is 12.5. The van der Waals surface area contributed by atoms with Crippen molar-refractivity contribution in [1.29, 1.82) is 0 Å². The number of hydrogen-bond donors (Lipinski definition) is 0. The van der Waals surface area contributed by atoms with Gasteiger partial charge in [-0.25, -0.2) is 0 Å². The Hall–Kier alpha value is -0.470. The van der Waals surface area contributed by atoms with Crippen molar-refractivity contribution in [3.05, 3.63) is 0 Å². The van der Waals surface area contributed by atoms with Crippen molar-refractivity contribution in [1.82, 2.24) is 0 Å². The van der Waals surface area contributed by atoms with Gasteiger partial charge >= 0.3 is 0 Å². The minimum Gasteiger partial charge on any atom is -0.300 e. The topological polar surface area (TPSA) is 17.1 Å². The van der Waals surface area contributed by atoms with Gasteiger partial charge in [-0.3, -0.25) is 13.6 Å². The van der Waals surface area contributed by atoms with Gasteiger partial charge in [0.1, 0.15) is 5.78 Å². The fourth-order valence-corrected chi connectivity index (χ4v) is 1.14. The van der Waals surface area contributed by atoms with Crippen molar-refractivity contribution in [2.45, 2.75) is 44.9 Å². The van der Waals surface area contributed by atoms with E-state index in [1.54, 1.807) is 0 Å². The van der Waals surface area contributed by atoms with Gasteiger partial charge in [-0.1, -0.05) is 6.42 Å². The third-order valence-corrected chi connectivity index (χ3v) is 1.93. The number of ketones is 1. The van der Waals surface area contributed by atoms with Gasteiger partial charge in [0.15, 0.2) is 0 Å². The van der Waals surface area contributed by atoms with Crippen molar-refractivity contribution in [2.75, 3.05) is 13.3 Å². The number of Topliss-reactive ketones (excluding diaryl/α,β-unsaturated/α-hetero) is 1. The first-order chi connectivity index (χ1) is 6.31. The number of carbonyl (C=O) groups excluding carboxylic acids is 1. The summed E-state index contributed by atoms with van der Waals surface area (Å²) in [5, 5.41) is 0. The Morgan fingerprint density at radius 3 is 1.77 bits per heavy atom. The zero-order valence-electron chi connectivity index (χ0n) is 8.03. The zero-order chi connectivity index (χ0) is 9.94. The quantitative estimate of drug-likeness (QED) is 0.512. The SMILES string of the molecule is O=C(CCCCF)CCCCCF. The summed E-state index contributed by atoms with van der Waals surface area (Å²) in [6.07, 6.45) is 4.27. The highest BCUT2D eigenvalue weighted by molar-refractivity contribution is 5.78. The van der Waals surface area contributed by atoms with E-state index in [-0.39, 0.29) is 19.1 Å². The molecule has 0 unspecified atom stereocenters. The average Bonchev–Trinajstić information content (AvgIpc) is 2.13. The largest absolute Gasteiger partial charge is 0.300 e. The molecule has 0 bridgehead atoms. The maximum Gasteiger partial charge on any atom is 0.132 e. The van der Waals surface area contributed by atoms with Gasteiger partial charge in [-0.15, -0.1) is 0 Å². The smallest absolute Gasteiger partial charge is 0.132 e. The van der Waals surface area contributed by atoms with Crippen molar-refractivity contribution < 1.29 is 13.6 Å². The molecule has 3 heteroatoms. The summed E-state index contributed by atoms with van der Waals surface area (Å²) in [6, 6.07) is 0. The van der Waals surface area contributed by atoms with Crippen molar-refractivity contribution in [3.8, 4) is 0 Å². The van der Waals surface area contributed by atoms with E-state index >= 15 is 0 Å². The highest BCUT2D eigenvalue weighted by Crippen LogP contribution is 2.05. The molecule has 0 aliphatic rings. The molecule has 78 valence electrons. The molecule has 0 saturated heterocycles. The second-order valence-electron chi connectivity index (χ2n) is 3.18. The summed E-state index contributed by atoms with van der Waals surface area (Å²) in [5.74, 6) is 0.187. The Bertz CT molecular complexity index is 126. The predicted octanol–water partition coefficient (Wildman–Crippen LogP) is 3.23. The molecular formula is C10H18F2O. The standard InChI is InChI=1S/C10H18F2O/c11-8-4-1-2-6-10(13)7-3-5-9-12/h1-9H2. The molecule has 13 heavy (non-hydrogen) atoms. The van der Waals surface area contributed by atoms with Crippen molar-refractivity contribution >= 4 is 5.78 Å². The summed E-state index contributed by atoms with van der Waals surface area (Å²) in [4.78, 5) is 11.1. The lowest BCUT2D eigenvalue weighted by molar-refractivity contribution is -0.119. The van der Waals surface area contributed by atoms with Crippen LogP contribution in [0.2, 0.25) is 0 Å². The lowest BCUT2D eigenvalue weighted by Gasteiger charge is -1.98. The van der Waals surface area contributed by atoms with E-state index in [1.807, 2.05) is 0 Å². The minimum atomic E-state index is -0.338. The minimum absolute atomic E-state index is 0.187. The fourth-order valence-electron chi connectivity index (χ4n) is 1.14. The Balaban J connectivity index is 3.11. The van der Waals surface area contributed by atoms with Gasteiger partial charge in [0.25, 0.3) is 0 Å². The summed E-state index contributed by atoms with van der Waals surface area (Å²) in [5.41, 5.74) is 0. The molecule has 0 spiro atoms. The number of halogens is 2. The molecule has 0 aromatic carbocycles. The van der Waals surface area contributed by atoms with Crippen LogP contribution in [0.5, 0.6) is 0 Å². The molecule has 0 radical (unpaired) electrons. The van der Waals surface area contributed by atoms with Crippen LogP contribution in [0.25, 0.3) is 0 Å². The van der Waals surface area contributed by atoms with Gasteiger partial charge in [-0.05, 0) is 25.7 Å². The van der Waals surface area contributed by atoms with Crippen LogP contribution in [0.15, 0.2) is 0 Å². The highest BCUT2D eigenvalue weighted by atomic mass is 19.1. The van der Waals surface area contributed by atoms with E-state index in [9.17, 15) is 13.6 Å². The molecule has 0 fully saturated rings. The first-order valence-electron chi connectivity index (χ1n) is 4.95. The maximum absolute atomic E-state index is 11.6. The van der Waals surface area contributed by atoms with Crippen LogP contribution in [0, 0.1) is 0 Å². The number of hydrogen-bond acceptors (Lipinski definition) is 1. The summed E-state index contributed by atoms with van der Waals surface area (Å²) in [7, 11) is 0. The van der Waals surface area contributed by atoms with E-state index in [0.717, 1.165) is 12.8 Å². The fraction of sp³-hybridized carbons (Fsp3) is 0.900. The van der Waals surface area contributed by atoms with E-state index in [1.165, 1.54) is 0 Å². The number of alkyl halides is 2. The normalized spacial score (nSPS) is 10.3. The maximum atomic E-state index is 11.6. The van der Waals surface area contributed by atoms with Crippen LogP contribution in [0.3, 0.4) is 0 Å². The Labute approximate surface area is 78.5 Å². The number of unbranched alkanes of at least 4 members (excludes halogenated alkanes) is 3. The second kappa shape index (κ2) is 9.62. The molecule has 0 saturated carbocycles. The lowest BCUT2D eigenvalue weighted by atomic mass is 10.1. The van der Waals surface area contributed by atoms with Gasteiger partial charge in [0.05, 0.1) is 13.3 Å². The van der Waals surface area contributed by atoms with E-state index in [4.69, 9.17) is 0 Å². The van der Waals surface area contributed by atoms with Crippen LogP contribution in [-0.4, -0.2) is 19.1 Å². The van der Waals surface area contributed by atoms with E-state index in [0.29, 0.717) is 32.1 Å². The average molecular weight is 192 g/mol. The molecule has 0 atom stereocenters. The lowest BCUT2D eigenvalue weighted by Crippen LogP contribution is -1.97. The molecule has 0 rings (SSSR count). The number of rotatable bonds is 9. The Morgan fingerprint density at radius 1 is 0.769 bits per heavy atom. The summed E-state index contributed by atoms with van der Waals surface area (Å²) in [6.45, 7) is -0.634. The molecule has 0 aromatic rings. The van der Waals surface area contributed by atoms with Crippen molar-refractivity contribution in [3.63, 3.8) is 0 Å². The molecule has 0 heterocycles. The highest BCUT2D eigenvalue weighted by Gasteiger charge is 2.00. The molecule has 0 aromatic heterocycles. The zero-order valence-corrected chi connectivity index (χ0v) is 8.03. The van der Waals surface area contributed by atoms with Crippen LogP contribution < -0.4 is 0 Å². The van der Waals surface area contributed by atoms with Crippen LogP contribution in [0.1, 0.15) is 44.9 Å². The molecule has 1 nitrogen and oxygen atoms in total. The van der Waals surface area contributed by atoms with Crippen molar-refractivity contribution in [2.24, 2.45) is 0 Å². The second-order valence-corrected chi connectivity index (χ2v) is 3.18. The molecular weight excluding hydrogens is 174 g/mol. The predicted molar refractivity (Wildman–Crippen MR) is 49.3 cm³/mol. The Kier molecular flexibility index (Phi) is 9.27. The third-order valence-electron chi connectivity index (χ3n) is 1.93. The van der Waals surface area contributed by atoms with Crippen LogP contribution in [0.4, 0.5) is 8.78 Å². The van der Waals surface area contributed by atoms with E-state index < -0.39 is 0 Å². The summed E-state index contributed by atoms with van der Waals surface area (Å²) >= 11 is 0. The van der Waals surface area contributed by atoms with Gasteiger partial charge in [0, 0.05) is 12.8 Å². The molecule has 0 aliphatic carbocycles. The molecule has 0 aliphatic heterocycles. The van der Waals surface area contributed by atoms with Gasteiger partial charge < -0.3 is 0 Å². The molecule has 0 N–H and O–H groups in total. The third kappa shape index (κ3) is 9.44.